The van der Waals surface area contributed by atoms with Gasteiger partial charge in [-0.15, -0.1) is 0 Å². The van der Waals surface area contributed by atoms with Crippen LogP contribution in [0.2, 0.25) is 5.02 Å². The molecule has 110 valence electrons. The molecule has 0 N–H and O–H groups in total. The van der Waals surface area contributed by atoms with Crippen molar-refractivity contribution in [1.82, 2.24) is 0 Å². The van der Waals surface area contributed by atoms with Crippen LogP contribution in [0.5, 0.6) is 0 Å². The fourth-order valence-corrected chi connectivity index (χ4v) is 3.63. The summed E-state index contributed by atoms with van der Waals surface area (Å²) in [5.41, 5.74) is -0.574. The van der Waals surface area contributed by atoms with E-state index in [9.17, 15) is 22.9 Å². The second-order valence-electron chi connectivity index (χ2n) is 4.18. The highest BCUT2D eigenvalue weighted by atomic mass is 35.5. The van der Waals surface area contributed by atoms with Gasteiger partial charge in [0.25, 0.3) is 5.69 Å². The Balaban J connectivity index is 2.52. The van der Waals surface area contributed by atoms with Crippen molar-refractivity contribution in [3.8, 4) is 0 Å². The number of hydrogen-bond donors (Lipinski definition) is 0. The second-order valence-corrected chi connectivity index (χ2v) is 6.55. The first kappa shape index (κ1) is 15.4. The standard InChI is InChI=1S/C13H9ClFNO4S/c14-10-4-3-6-12(16(17)18)9(10)8-21(19,20)13-7-2-1-5-11(13)15/h1-7H,8H2. The van der Waals surface area contributed by atoms with Gasteiger partial charge in [0, 0.05) is 6.07 Å². The molecule has 0 aromatic heterocycles. The lowest BCUT2D eigenvalue weighted by atomic mass is 10.2. The molecule has 2 aromatic rings. The maximum Gasteiger partial charge on any atom is 0.275 e. The lowest BCUT2D eigenvalue weighted by molar-refractivity contribution is -0.385. The molecule has 0 saturated heterocycles. The van der Waals surface area contributed by atoms with Crippen molar-refractivity contribution in [1.29, 1.82) is 0 Å². The molecule has 21 heavy (non-hydrogen) atoms. The van der Waals surface area contributed by atoms with Crippen molar-refractivity contribution in [2.24, 2.45) is 0 Å². The number of nitro benzene ring substituents is 1. The Labute approximate surface area is 125 Å². The summed E-state index contributed by atoms with van der Waals surface area (Å²) < 4.78 is 38.1. The summed E-state index contributed by atoms with van der Waals surface area (Å²) in [6.45, 7) is 0. The number of nitro groups is 1. The van der Waals surface area contributed by atoms with Gasteiger partial charge in [-0.25, -0.2) is 12.8 Å². The molecule has 5 nitrogen and oxygen atoms in total. The lowest BCUT2D eigenvalue weighted by Crippen LogP contribution is -2.09. The Morgan fingerprint density at radius 3 is 2.43 bits per heavy atom. The first-order chi connectivity index (χ1) is 9.83. The Morgan fingerprint density at radius 1 is 1.14 bits per heavy atom. The van der Waals surface area contributed by atoms with Crippen LogP contribution in [0, 0.1) is 15.9 Å². The Hall–Kier alpha value is -1.99. The van der Waals surface area contributed by atoms with E-state index in [1.807, 2.05) is 0 Å². The zero-order valence-corrected chi connectivity index (χ0v) is 12.1. The van der Waals surface area contributed by atoms with Gasteiger partial charge < -0.3 is 0 Å². The molecule has 0 radical (unpaired) electrons. The largest absolute Gasteiger partial charge is 0.275 e. The third kappa shape index (κ3) is 3.20. The predicted molar refractivity (Wildman–Crippen MR) is 75.4 cm³/mol. The molecule has 0 fully saturated rings. The fraction of sp³-hybridized carbons (Fsp3) is 0.0769. The van der Waals surface area contributed by atoms with Gasteiger partial charge in [-0.1, -0.05) is 29.8 Å². The average molecular weight is 330 g/mol. The molecule has 0 heterocycles. The van der Waals surface area contributed by atoms with Gasteiger partial charge in [0.2, 0.25) is 0 Å². The van der Waals surface area contributed by atoms with Crippen LogP contribution in [-0.2, 0) is 15.6 Å². The van der Waals surface area contributed by atoms with Gasteiger partial charge in [0.05, 0.1) is 21.3 Å². The van der Waals surface area contributed by atoms with E-state index in [4.69, 9.17) is 11.6 Å². The zero-order chi connectivity index (χ0) is 15.6. The summed E-state index contributed by atoms with van der Waals surface area (Å²) in [5, 5.41) is 10.9. The van der Waals surface area contributed by atoms with E-state index >= 15 is 0 Å². The molecule has 0 bridgehead atoms. The molecule has 0 atom stereocenters. The Kier molecular flexibility index (Phi) is 4.24. The molecule has 2 rings (SSSR count). The number of hydrogen-bond acceptors (Lipinski definition) is 4. The SMILES string of the molecule is O=[N+]([O-])c1cccc(Cl)c1CS(=O)(=O)c1ccccc1F. The van der Waals surface area contributed by atoms with E-state index in [1.54, 1.807) is 0 Å². The zero-order valence-electron chi connectivity index (χ0n) is 10.5. The van der Waals surface area contributed by atoms with E-state index in [-0.39, 0.29) is 10.6 Å². The van der Waals surface area contributed by atoms with Crippen molar-refractivity contribution < 1.29 is 17.7 Å². The van der Waals surface area contributed by atoms with Crippen molar-refractivity contribution >= 4 is 27.1 Å². The minimum atomic E-state index is -4.09. The van der Waals surface area contributed by atoms with E-state index < -0.39 is 36.9 Å². The minimum Gasteiger partial charge on any atom is -0.258 e. The van der Waals surface area contributed by atoms with Crippen LogP contribution in [0.15, 0.2) is 47.4 Å². The Morgan fingerprint density at radius 2 is 1.81 bits per heavy atom. The number of sulfone groups is 1. The fourth-order valence-electron chi connectivity index (χ4n) is 1.83. The molecule has 2 aromatic carbocycles. The smallest absolute Gasteiger partial charge is 0.258 e. The summed E-state index contributed by atoms with van der Waals surface area (Å²) in [6, 6.07) is 8.68. The quantitative estimate of drug-likeness (QED) is 0.636. The highest BCUT2D eigenvalue weighted by molar-refractivity contribution is 7.90. The van der Waals surface area contributed by atoms with E-state index in [0.717, 1.165) is 18.2 Å². The summed E-state index contributed by atoms with van der Waals surface area (Å²) in [7, 11) is -4.09. The van der Waals surface area contributed by atoms with Crippen molar-refractivity contribution in [3.63, 3.8) is 0 Å². The lowest BCUT2D eigenvalue weighted by Gasteiger charge is -2.08. The molecular formula is C13H9ClFNO4S. The Bertz CT molecular complexity index is 808. The molecular weight excluding hydrogens is 321 g/mol. The average Bonchev–Trinajstić information content (AvgIpc) is 2.41. The molecule has 0 spiro atoms. The van der Waals surface area contributed by atoms with Crippen molar-refractivity contribution in [2.75, 3.05) is 0 Å². The third-order valence-electron chi connectivity index (χ3n) is 2.80. The van der Waals surface area contributed by atoms with Crippen LogP contribution in [0.25, 0.3) is 0 Å². The minimum absolute atomic E-state index is 0.0517. The monoisotopic (exact) mass is 329 g/mol. The highest BCUT2D eigenvalue weighted by Gasteiger charge is 2.26. The maximum absolute atomic E-state index is 13.6. The summed E-state index contributed by atoms with van der Waals surface area (Å²) in [6.07, 6.45) is 0. The van der Waals surface area contributed by atoms with E-state index in [2.05, 4.69) is 0 Å². The molecule has 0 unspecified atom stereocenters. The topological polar surface area (TPSA) is 77.3 Å². The number of halogens is 2. The number of benzene rings is 2. The van der Waals surface area contributed by atoms with Crippen LogP contribution >= 0.6 is 11.6 Å². The number of nitrogens with zero attached hydrogens (tertiary/aromatic N) is 1. The van der Waals surface area contributed by atoms with Gasteiger partial charge in [-0.2, -0.15) is 0 Å². The number of rotatable bonds is 4. The van der Waals surface area contributed by atoms with Gasteiger partial charge in [0.1, 0.15) is 10.7 Å². The molecule has 0 saturated carbocycles. The van der Waals surface area contributed by atoms with Crippen LogP contribution in [0.1, 0.15) is 5.56 Å². The van der Waals surface area contributed by atoms with E-state index in [1.165, 1.54) is 24.3 Å². The summed E-state index contributed by atoms with van der Waals surface area (Å²) in [4.78, 5) is 9.70. The van der Waals surface area contributed by atoms with Crippen molar-refractivity contribution in [3.05, 3.63) is 69.0 Å². The summed E-state index contributed by atoms with van der Waals surface area (Å²) in [5.74, 6) is -1.66. The molecule has 8 heteroatoms. The molecule has 0 aliphatic heterocycles. The van der Waals surface area contributed by atoms with Crippen LogP contribution in [0.4, 0.5) is 10.1 Å². The van der Waals surface area contributed by atoms with Crippen molar-refractivity contribution in [2.45, 2.75) is 10.6 Å². The van der Waals surface area contributed by atoms with Gasteiger partial charge in [-0.3, -0.25) is 10.1 Å². The molecule has 0 amide bonds. The van der Waals surface area contributed by atoms with Crippen LogP contribution < -0.4 is 0 Å². The highest BCUT2D eigenvalue weighted by Crippen LogP contribution is 2.30. The van der Waals surface area contributed by atoms with E-state index in [0.29, 0.717) is 0 Å². The summed E-state index contributed by atoms with van der Waals surface area (Å²) >= 11 is 5.84. The normalized spacial score (nSPS) is 11.3. The van der Waals surface area contributed by atoms with Crippen LogP contribution in [-0.4, -0.2) is 13.3 Å². The maximum atomic E-state index is 13.6. The predicted octanol–water partition coefficient (Wildman–Crippen LogP) is 3.36. The van der Waals surface area contributed by atoms with Gasteiger partial charge in [0.15, 0.2) is 9.84 Å². The van der Waals surface area contributed by atoms with Crippen LogP contribution in [0.3, 0.4) is 0 Å². The third-order valence-corrected chi connectivity index (χ3v) is 4.82. The first-order valence-corrected chi connectivity index (χ1v) is 7.75. The first-order valence-electron chi connectivity index (χ1n) is 5.72. The molecule has 0 aliphatic rings. The second kappa shape index (κ2) is 5.79. The van der Waals surface area contributed by atoms with Gasteiger partial charge >= 0.3 is 0 Å². The molecule has 0 aliphatic carbocycles. The van der Waals surface area contributed by atoms with Gasteiger partial charge in [-0.05, 0) is 18.2 Å².